The van der Waals surface area contributed by atoms with Crippen molar-refractivity contribution in [2.24, 2.45) is 13.0 Å². The molecule has 0 aliphatic carbocycles. The number of nitrogen functional groups attached to an aromatic ring is 1. The van der Waals surface area contributed by atoms with E-state index in [1.165, 1.54) is 25.2 Å². The first-order chi connectivity index (χ1) is 13.0. The van der Waals surface area contributed by atoms with E-state index in [2.05, 4.69) is 0 Å². The number of esters is 1. The van der Waals surface area contributed by atoms with Crippen molar-refractivity contribution in [3.63, 3.8) is 0 Å². The number of halogens is 2. The number of ketones is 1. The van der Waals surface area contributed by atoms with E-state index in [9.17, 15) is 19.2 Å². The van der Waals surface area contributed by atoms with Crippen molar-refractivity contribution in [2.75, 3.05) is 12.3 Å². The summed E-state index contributed by atoms with van der Waals surface area (Å²) in [7, 11) is 1.25. The Morgan fingerprint density at radius 1 is 1.14 bits per heavy atom. The first-order valence-corrected chi connectivity index (χ1v) is 9.04. The molecule has 0 radical (unpaired) electrons. The van der Waals surface area contributed by atoms with Gasteiger partial charge >= 0.3 is 11.7 Å². The molecule has 0 aliphatic rings. The quantitative estimate of drug-likeness (QED) is 0.557. The van der Waals surface area contributed by atoms with Crippen LogP contribution in [0.4, 0.5) is 5.82 Å². The van der Waals surface area contributed by atoms with Gasteiger partial charge in [0, 0.05) is 23.6 Å². The number of rotatable bonds is 6. The number of nitrogens with two attached hydrogens (primary N) is 1. The topological polar surface area (TPSA) is 113 Å². The zero-order chi connectivity index (χ0) is 21.2. The Labute approximate surface area is 170 Å². The number of anilines is 1. The number of Topliss-reactive ketones (excluding diaryl/α,β-unsaturated/α-hetero) is 1. The van der Waals surface area contributed by atoms with Gasteiger partial charge in [0.15, 0.2) is 6.61 Å². The molecule has 1 aromatic carbocycles. The maximum Gasteiger partial charge on any atom is 0.338 e. The van der Waals surface area contributed by atoms with E-state index >= 15 is 0 Å². The van der Waals surface area contributed by atoms with Gasteiger partial charge in [-0.1, -0.05) is 37.0 Å². The normalized spacial score (nSPS) is 10.9. The van der Waals surface area contributed by atoms with Crippen LogP contribution in [0.1, 0.15) is 34.6 Å². The van der Waals surface area contributed by atoms with Gasteiger partial charge in [-0.15, -0.1) is 0 Å². The number of hydrogen-bond donors (Lipinski definition) is 1. The zero-order valence-electron chi connectivity index (χ0n) is 15.5. The molecule has 0 fully saturated rings. The number of carbonyl (C=O) groups excluding carboxylic acids is 2. The molecule has 2 rings (SSSR count). The van der Waals surface area contributed by atoms with E-state index in [0.29, 0.717) is 0 Å². The lowest BCUT2D eigenvalue weighted by atomic mass is 10.1. The van der Waals surface area contributed by atoms with Crippen molar-refractivity contribution in [2.45, 2.75) is 20.4 Å². The molecule has 2 N–H and O–H groups in total. The van der Waals surface area contributed by atoms with Crippen molar-refractivity contribution in [3.05, 3.63) is 60.2 Å². The van der Waals surface area contributed by atoms with Gasteiger partial charge in [-0.3, -0.25) is 18.7 Å². The summed E-state index contributed by atoms with van der Waals surface area (Å²) in [6.45, 7) is 3.20. The lowest BCUT2D eigenvalue weighted by molar-refractivity contribution is 0.0474. The smallest absolute Gasteiger partial charge is 0.338 e. The first-order valence-electron chi connectivity index (χ1n) is 8.28. The fourth-order valence-corrected chi connectivity index (χ4v) is 3.07. The molecule has 0 saturated heterocycles. The summed E-state index contributed by atoms with van der Waals surface area (Å²) < 4.78 is 6.91. The van der Waals surface area contributed by atoms with Crippen LogP contribution in [0.5, 0.6) is 0 Å². The Hall–Kier alpha value is -2.58. The maximum atomic E-state index is 12.5. The number of ether oxygens (including phenoxy) is 1. The molecule has 0 bridgehead atoms. The molecule has 0 aliphatic heterocycles. The minimum atomic E-state index is -0.852. The van der Waals surface area contributed by atoms with Crippen LogP contribution in [0, 0.1) is 5.92 Å². The Morgan fingerprint density at radius 2 is 1.71 bits per heavy atom. The third-order valence-corrected chi connectivity index (χ3v) is 4.28. The van der Waals surface area contributed by atoms with Crippen LogP contribution >= 0.6 is 23.2 Å². The average Bonchev–Trinajstić information content (AvgIpc) is 2.60. The Morgan fingerprint density at radius 3 is 2.25 bits per heavy atom. The molecule has 0 spiro atoms. The van der Waals surface area contributed by atoms with Crippen molar-refractivity contribution >= 4 is 40.8 Å². The van der Waals surface area contributed by atoms with Crippen molar-refractivity contribution in [3.8, 4) is 0 Å². The third kappa shape index (κ3) is 4.63. The second-order valence-corrected chi connectivity index (χ2v) is 7.44. The lowest BCUT2D eigenvalue weighted by Gasteiger charge is -2.16. The fraction of sp³-hybridized carbons (Fsp3) is 0.333. The van der Waals surface area contributed by atoms with E-state index in [4.69, 9.17) is 33.7 Å². The highest BCUT2D eigenvalue weighted by molar-refractivity contribution is 6.35. The highest BCUT2D eigenvalue weighted by Gasteiger charge is 2.23. The van der Waals surface area contributed by atoms with E-state index in [1.807, 2.05) is 13.8 Å². The summed E-state index contributed by atoms with van der Waals surface area (Å²) >= 11 is 11.7. The molecular weight excluding hydrogens is 409 g/mol. The number of benzene rings is 1. The van der Waals surface area contributed by atoms with E-state index in [-0.39, 0.29) is 33.9 Å². The predicted octanol–water partition coefficient (Wildman–Crippen LogP) is 2.13. The third-order valence-electron chi connectivity index (χ3n) is 3.84. The van der Waals surface area contributed by atoms with Crippen LogP contribution in [0.25, 0.3) is 0 Å². The summed E-state index contributed by atoms with van der Waals surface area (Å²) in [5.41, 5.74) is 4.08. The molecular formula is C18H19Cl2N3O5. The van der Waals surface area contributed by atoms with Crippen LogP contribution in [0.2, 0.25) is 10.0 Å². The summed E-state index contributed by atoms with van der Waals surface area (Å²) in [5, 5.41) is 0.453. The largest absolute Gasteiger partial charge is 0.454 e. The Kier molecular flexibility index (Phi) is 6.69. The molecule has 2 aromatic rings. The molecule has 0 unspecified atom stereocenters. The molecule has 1 heterocycles. The minimum absolute atomic E-state index is 0.0471. The number of hydrogen-bond acceptors (Lipinski definition) is 6. The van der Waals surface area contributed by atoms with Crippen LogP contribution in [-0.2, 0) is 18.3 Å². The van der Waals surface area contributed by atoms with E-state index in [0.717, 1.165) is 9.13 Å². The summed E-state index contributed by atoms with van der Waals surface area (Å²) in [5.74, 6) is -1.87. The van der Waals surface area contributed by atoms with Crippen LogP contribution in [0.3, 0.4) is 0 Å². The minimum Gasteiger partial charge on any atom is -0.454 e. The zero-order valence-corrected chi connectivity index (χ0v) is 17.0. The average molecular weight is 428 g/mol. The van der Waals surface area contributed by atoms with Crippen molar-refractivity contribution in [1.29, 1.82) is 0 Å². The second-order valence-electron chi connectivity index (χ2n) is 6.57. The van der Waals surface area contributed by atoms with Gasteiger partial charge in [0.25, 0.3) is 5.56 Å². The van der Waals surface area contributed by atoms with Gasteiger partial charge in [0.05, 0.1) is 5.56 Å². The van der Waals surface area contributed by atoms with Crippen LogP contribution < -0.4 is 17.0 Å². The Bertz CT molecular complexity index is 1040. The number of carbonyl (C=O) groups is 2. The molecule has 10 heteroatoms. The van der Waals surface area contributed by atoms with Gasteiger partial charge in [-0.25, -0.2) is 9.59 Å². The molecule has 0 amide bonds. The molecule has 0 atom stereocenters. The van der Waals surface area contributed by atoms with Gasteiger partial charge < -0.3 is 10.5 Å². The maximum absolute atomic E-state index is 12.5. The van der Waals surface area contributed by atoms with E-state index in [1.54, 1.807) is 0 Å². The molecule has 28 heavy (non-hydrogen) atoms. The van der Waals surface area contributed by atoms with Gasteiger partial charge in [0.1, 0.15) is 11.4 Å². The first kappa shape index (κ1) is 21.7. The SMILES string of the molecule is CC(C)Cn1c(N)c(C(=O)COC(=O)c2cc(Cl)cc(Cl)c2)c(=O)n(C)c1=O. The standard InChI is InChI=1S/C18H19Cl2N3O5/c1-9(2)7-23-15(21)14(16(25)22(3)18(23)27)13(24)8-28-17(26)10-4-11(19)6-12(20)5-10/h4-6,9H,7-8,21H2,1-3H3. The van der Waals surface area contributed by atoms with Gasteiger partial charge in [-0.2, -0.15) is 0 Å². The fourth-order valence-electron chi connectivity index (χ4n) is 2.55. The Balaban J connectivity index is 2.31. The van der Waals surface area contributed by atoms with Crippen molar-refractivity contribution in [1.82, 2.24) is 9.13 Å². The monoisotopic (exact) mass is 427 g/mol. The van der Waals surface area contributed by atoms with Gasteiger partial charge in [0.2, 0.25) is 5.78 Å². The van der Waals surface area contributed by atoms with E-state index < -0.39 is 35.2 Å². The van der Waals surface area contributed by atoms with Gasteiger partial charge in [-0.05, 0) is 24.1 Å². The molecule has 1 aromatic heterocycles. The highest BCUT2D eigenvalue weighted by atomic mass is 35.5. The summed E-state index contributed by atoms with van der Waals surface area (Å²) in [6, 6.07) is 4.10. The van der Waals surface area contributed by atoms with Crippen molar-refractivity contribution < 1.29 is 14.3 Å². The number of aromatic nitrogens is 2. The molecule has 0 saturated carbocycles. The number of nitrogens with zero attached hydrogens (tertiary/aromatic N) is 2. The van der Waals surface area contributed by atoms with Crippen LogP contribution in [-0.4, -0.2) is 27.5 Å². The molecule has 150 valence electrons. The predicted molar refractivity (Wildman–Crippen MR) is 106 cm³/mol. The highest BCUT2D eigenvalue weighted by Crippen LogP contribution is 2.19. The molecule has 8 nitrogen and oxygen atoms in total. The second kappa shape index (κ2) is 8.62. The lowest BCUT2D eigenvalue weighted by Crippen LogP contribution is -2.43. The summed E-state index contributed by atoms with van der Waals surface area (Å²) in [6.07, 6.45) is 0. The summed E-state index contributed by atoms with van der Waals surface area (Å²) in [4.78, 5) is 49.3. The van der Waals surface area contributed by atoms with Crippen LogP contribution in [0.15, 0.2) is 27.8 Å².